The summed E-state index contributed by atoms with van der Waals surface area (Å²) in [6.45, 7) is 4.11. The van der Waals surface area contributed by atoms with Crippen molar-refractivity contribution in [2.45, 2.75) is 37.7 Å². The van der Waals surface area contributed by atoms with Gasteiger partial charge in [0.05, 0.1) is 0 Å². The quantitative estimate of drug-likeness (QED) is 0.799. The predicted octanol–water partition coefficient (Wildman–Crippen LogP) is 0.207. The Hall–Kier alpha value is -1.45. The zero-order valence-corrected chi connectivity index (χ0v) is 13.8. The molecule has 1 N–H and O–H groups in total. The van der Waals surface area contributed by atoms with Crippen molar-refractivity contribution in [2.75, 3.05) is 26.7 Å². The third-order valence-electron chi connectivity index (χ3n) is 3.58. The molecular formula is C13H21N3O5S. The lowest BCUT2D eigenvalue weighted by Crippen LogP contribution is -2.40. The number of hydrogen-bond donors (Lipinski definition) is 1. The molecule has 1 aromatic rings. The first-order chi connectivity index (χ1) is 10.3. The first-order valence-electron chi connectivity index (χ1n) is 7.12. The van der Waals surface area contributed by atoms with E-state index in [0.29, 0.717) is 18.7 Å². The van der Waals surface area contributed by atoms with Crippen LogP contribution in [0.2, 0.25) is 0 Å². The van der Waals surface area contributed by atoms with Crippen LogP contribution in [-0.4, -0.2) is 56.6 Å². The van der Waals surface area contributed by atoms with Gasteiger partial charge in [-0.05, 0) is 26.7 Å². The molecule has 0 radical (unpaired) electrons. The van der Waals surface area contributed by atoms with Crippen LogP contribution in [-0.2, 0) is 19.6 Å². The third-order valence-corrected chi connectivity index (χ3v) is 5.69. The van der Waals surface area contributed by atoms with E-state index in [1.165, 1.54) is 11.4 Å². The van der Waals surface area contributed by atoms with Crippen LogP contribution in [0.5, 0.6) is 0 Å². The molecule has 2 rings (SSSR count). The van der Waals surface area contributed by atoms with E-state index in [0.717, 1.165) is 6.42 Å². The van der Waals surface area contributed by atoms with E-state index in [1.807, 2.05) is 0 Å². The number of carbonyl (C=O) groups is 1. The minimum atomic E-state index is -3.68. The van der Waals surface area contributed by atoms with Crippen molar-refractivity contribution in [2.24, 2.45) is 0 Å². The van der Waals surface area contributed by atoms with Gasteiger partial charge in [-0.1, -0.05) is 5.16 Å². The molecule has 0 spiro atoms. The first kappa shape index (κ1) is 16.9. The van der Waals surface area contributed by atoms with Crippen LogP contribution in [0, 0.1) is 13.8 Å². The van der Waals surface area contributed by atoms with E-state index in [9.17, 15) is 13.2 Å². The molecule has 0 aromatic carbocycles. The number of nitrogens with zero attached hydrogens (tertiary/aromatic N) is 2. The number of nitrogens with one attached hydrogen (secondary N) is 1. The molecule has 0 bridgehead atoms. The summed E-state index contributed by atoms with van der Waals surface area (Å²) in [5, 5.41) is 6.35. The second-order valence-corrected chi connectivity index (χ2v) is 7.25. The van der Waals surface area contributed by atoms with Crippen molar-refractivity contribution in [1.82, 2.24) is 14.8 Å². The normalized spacial score (nSPS) is 18.8. The van der Waals surface area contributed by atoms with Gasteiger partial charge >= 0.3 is 0 Å². The molecule has 1 amide bonds. The molecule has 2 heterocycles. The van der Waals surface area contributed by atoms with Gasteiger partial charge in [-0.3, -0.25) is 4.79 Å². The molecular weight excluding hydrogens is 310 g/mol. The Kier molecular flexibility index (Phi) is 5.20. The van der Waals surface area contributed by atoms with Gasteiger partial charge in [-0.15, -0.1) is 0 Å². The predicted molar refractivity (Wildman–Crippen MR) is 77.8 cm³/mol. The molecule has 124 valence electrons. The first-order valence-corrected chi connectivity index (χ1v) is 8.56. The van der Waals surface area contributed by atoms with Crippen molar-refractivity contribution in [1.29, 1.82) is 0 Å². The topological polar surface area (TPSA) is 102 Å². The van der Waals surface area contributed by atoms with Gasteiger partial charge in [0.2, 0.25) is 15.9 Å². The highest BCUT2D eigenvalue weighted by atomic mass is 32.2. The standard InChI is InChI=1S/C13H21N3O5S/c1-9-12(10(2)21-15-9)22(18,19)16(3)7-6-14-13(17)11-5-4-8-20-11/h11H,4-8H2,1-3H3,(H,14,17). The SMILES string of the molecule is Cc1noc(C)c1S(=O)(=O)N(C)CCNC(=O)C1CCCO1. The van der Waals surface area contributed by atoms with Gasteiger partial charge in [0.1, 0.15) is 16.7 Å². The van der Waals surface area contributed by atoms with E-state index in [2.05, 4.69) is 10.5 Å². The second-order valence-electron chi connectivity index (χ2n) is 5.27. The molecule has 1 aliphatic heterocycles. The number of rotatable bonds is 6. The Morgan fingerprint density at radius 3 is 2.73 bits per heavy atom. The van der Waals surface area contributed by atoms with Crippen LogP contribution in [0.25, 0.3) is 0 Å². The molecule has 1 atom stereocenters. The number of amides is 1. The van der Waals surface area contributed by atoms with Crippen molar-refractivity contribution in [3.63, 3.8) is 0 Å². The number of hydrogen-bond acceptors (Lipinski definition) is 6. The van der Waals surface area contributed by atoms with Gasteiger partial charge in [-0.25, -0.2) is 8.42 Å². The molecule has 0 saturated carbocycles. The average molecular weight is 331 g/mol. The zero-order chi connectivity index (χ0) is 16.3. The van der Waals surface area contributed by atoms with E-state index in [1.54, 1.807) is 13.8 Å². The Balaban J connectivity index is 1.91. The molecule has 0 aliphatic carbocycles. The third kappa shape index (κ3) is 3.47. The maximum atomic E-state index is 12.5. The van der Waals surface area contributed by atoms with Gasteiger partial charge in [0.15, 0.2) is 5.76 Å². The maximum Gasteiger partial charge on any atom is 0.249 e. The lowest BCUT2D eigenvalue weighted by Gasteiger charge is -2.18. The second kappa shape index (κ2) is 6.76. The number of sulfonamides is 1. The van der Waals surface area contributed by atoms with Crippen LogP contribution in [0.15, 0.2) is 9.42 Å². The van der Waals surface area contributed by atoms with Crippen LogP contribution < -0.4 is 5.32 Å². The molecule has 1 aromatic heterocycles. The molecule has 9 heteroatoms. The van der Waals surface area contributed by atoms with Crippen LogP contribution in [0.1, 0.15) is 24.3 Å². The summed E-state index contributed by atoms with van der Waals surface area (Å²) >= 11 is 0. The summed E-state index contributed by atoms with van der Waals surface area (Å²) in [5.41, 5.74) is 0.327. The molecule has 1 aliphatic rings. The van der Waals surface area contributed by atoms with Gasteiger partial charge in [-0.2, -0.15) is 4.31 Å². The van der Waals surface area contributed by atoms with Crippen molar-refractivity contribution in [3.05, 3.63) is 11.5 Å². The Morgan fingerprint density at radius 1 is 1.45 bits per heavy atom. The lowest BCUT2D eigenvalue weighted by molar-refractivity contribution is -0.130. The lowest BCUT2D eigenvalue weighted by atomic mass is 10.2. The van der Waals surface area contributed by atoms with Gasteiger partial charge in [0.25, 0.3) is 0 Å². The smallest absolute Gasteiger partial charge is 0.249 e. The summed E-state index contributed by atoms with van der Waals surface area (Å²) in [5.74, 6) is 0.0633. The highest BCUT2D eigenvalue weighted by molar-refractivity contribution is 7.89. The zero-order valence-electron chi connectivity index (χ0n) is 13.0. The van der Waals surface area contributed by atoms with Crippen LogP contribution in [0.4, 0.5) is 0 Å². The monoisotopic (exact) mass is 331 g/mol. The maximum absolute atomic E-state index is 12.5. The van der Waals surface area contributed by atoms with Gasteiger partial charge < -0.3 is 14.6 Å². The van der Waals surface area contributed by atoms with Gasteiger partial charge in [0, 0.05) is 26.7 Å². The minimum Gasteiger partial charge on any atom is -0.368 e. The van der Waals surface area contributed by atoms with Crippen molar-refractivity contribution >= 4 is 15.9 Å². The number of ether oxygens (including phenoxy) is 1. The summed E-state index contributed by atoms with van der Waals surface area (Å²) in [6, 6.07) is 0. The Bertz CT molecular complexity index is 615. The summed E-state index contributed by atoms with van der Waals surface area (Å²) < 4.78 is 36.3. The Labute approximate surface area is 129 Å². The molecule has 1 saturated heterocycles. The van der Waals surface area contributed by atoms with E-state index in [4.69, 9.17) is 9.26 Å². The van der Waals surface area contributed by atoms with E-state index in [-0.39, 0.29) is 29.7 Å². The van der Waals surface area contributed by atoms with Crippen molar-refractivity contribution < 1.29 is 22.5 Å². The summed E-state index contributed by atoms with van der Waals surface area (Å²) in [4.78, 5) is 11.9. The number of likely N-dealkylation sites (N-methyl/N-ethyl adjacent to an activating group) is 1. The average Bonchev–Trinajstić information content (AvgIpc) is 3.08. The van der Waals surface area contributed by atoms with Crippen molar-refractivity contribution in [3.8, 4) is 0 Å². The number of carbonyl (C=O) groups excluding carboxylic acids is 1. The fourth-order valence-corrected chi connectivity index (χ4v) is 3.81. The highest BCUT2D eigenvalue weighted by Gasteiger charge is 2.29. The van der Waals surface area contributed by atoms with Crippen LogP contribution in [0.3, 0.4) is 0 Å². The fraction of sp³-hybridized carbons (Fsp3) is 0.692. The minimum absolute atomic E-state index is 0.0838. The fourth-order valence-electron chi connectivity index (χ4n) is 2.35. The Morgan fingerprint density at radius 2 is 2.18 bits per heavy atom. The number of aryl methyl sites for hydroxylation is 2. The number of aromatic nitrogens is 1. The van der Waals surface area contributed by atoms with E-state index < -0.39 is 16.1 Å². The highest BCUT2D eigenvalue weighted by Crippen LogP contribution is 2.22. The molecule has 8 nitrogen and oxygen atoms in total. The molecule has 1 unspecified atom stereocenters. The summed E-state index contributed by atoms with van der Waals surface area (Å²) in [6.07, 6.45) is 1.17. The molecule has 1 fully saturated rings. The molecule has 22 heavy (non-hydrogen) atoms. The summed E-state index contributed by atoms with van der Waals surface area (Å²) in [7, 11) is -2.22. The van der Waals surface area contributed by atoms with Crippen LogP contribution >= 0.6 is 0 Å². The van der Waals surface area contributed by atoms with E-state index >= 15 is 0 Å². The largest absolute Gasteiger partial charge is 0.368 e.